The van der Waals surface area contributed by atoms with Gasteiger partial charge in [0.05, 0.1) is 11.2 Å². The fourth-order valence-electron chi connectivity index (χ4n) is 8.84. The van der Waals surface area contributed by atoms with Crippen LogP contribution < -0.4 is 0 Å². The minimum absolute atomic E-state index is 0.607. The van der Waals surface area contributed by atoms with Crippen molar-refractivity contribution in [2.24, 2.45) is 0 Å². The van der Waals surface area contributed by atoms with Crippen molar-refractivity contribution in [2.75, 3.05) is 0 Å². The lowest BCUT2D eigenvalue weighted by molar-refractivity contribution is 1.07. The minimum atomic E-state index is 0.607. The molecule has 0 atom stereocenters. The number of aromatic nitrogens is 4. The molecule has 4 nitrogen and oxygen atoms in total. The lowest BCUT2D eigenvalue weighted by Gasteiger charge is -2.13. The van der Waals surface area contributed by atoms with E-state index in [-0.39, 0.29) is 0 Å². The van der Waals surface area contributed by atoms with Crippen LogP contribution in [0.2, 0.25) is 0 Å². The van der Waals surface area contributed by atoms with E-state index >= 15 is 0 Å². The molecule has 0 unspecified atom stereocenters. The maximum Gasteiger partial charge on any atom is 0.164 e. The molecule has 0 aliphatic carbocycles. The van der Waals surface area contributed by atoms with Crippen molar-refractivity contribution in [3.63, 3.8) is 0 Å². The second-order valence-corrected chi connectivity index (χ2v) is 16.9. The standard InChI is InChI=1S/C58H36N4S/c1-4-15-37(16-5-1)40-21-12-24-44(33-40)56-60-57(45-25-13-22-41(34-45)38-17-6-2-7-18-38)62-58(61-56)46-26-14-23-42(35-46)43-29-30-47-50(36-43)59-55(39-19-8-3-9-20-39)49-31-32-52-54(53(47)49)48-27-10-11-28-51(48)63-52/h1-36H. The summed E-state index contributed by atoms with van der Waals surface area (Å²) in [6.45, 7) is 0. The van der Waals surface area contributed by atoms with E-state index in [1.54, 1.807) is 0 Å². The van der Waals surface area contributed by atoms with E-state index in [9.17, 15) is 0 Å². The maximum absolute atomic E-state index is 5.43. The van der Waals surface area contributed by atoms with Gasteiger partial charge >= 0.3 is 0 Å². The number of hydrogen-bond acceptors (Lipinski definition) is 5. The molecule has 0 N–H and O–H groups in total. The summed E-state index contributed by atoms with van der Waals surface area (Å²) in [6, 6.07) is 76.8. The van der Waals surface area contributed by atoms with Crippen LogP contribution in [0.15, 0.2) is 218 Å². The number of nitrogens with zero attached hydrogens (tertiary/aromatic N) is 4. The van der Waals surface area contributed by atoms with Gasteiger partial charge in [0.2, 0.25) is 0 Å². The normalized spacial score (nSPS) is 11.5. The third kappa shape index (κ3) is 6.72. The van der Waals surface area contributed by atoms with E-state index < -0.39 is 0 Å². The Morgan fingerprint density at radius 3 is 1.27 bits per heavy atom. The van der Waals surface area contributed by atoms with E-state index in [2.05, 4.69) is 206 Å². The molecule has 0 spiro atoms. The molecule has 3 heterocycles. The summed E-state index contributed by atoms with van der Waals surface area (Å²) in [4.78, 5) is 21.0. The average Bonchev–Trinajstić information content (AvgIpc) is 3.76. The van der Waals surface area contributed by atoms with Crippen LogP contribution >= 0.6 is 11.3 Å². The highest BCUT2D eigenvalue weighted by Crippen LogP contribution is 2.44. The molecule has 0 amide bonds. The largest absolute Gasteiger partial charge is 0.247 e. The highest BCUT2D eigenvalue weighted by molar-refractivity contribution is 7.26. The van der Waals surface area contributed by atoms with Crippen molar-refractivity contribution in [1.29, 1.82) is 0 Å². The van der Waals surface area contributed by atoms with Gasteiger partial charge in [0.1, 0.15) is 0 Å². The van der Waals surface area contributed by atoms with Gasteiger partial charge in [-0.25, -0.2) is 19.9 Å². The zero-order chi connectivity index (χ0) is 41.7. The topological polar surface area (TPSA) is 51.6 Å². The second-order valence-electron chi connectivity index (χ2n) is 15.8. The Hall–Kier alpha value is -8.12. The van der Waals surface area contributed by atoms with Crippen molar-refractivity contribution >= 4 is 53.2 Å². The van der Waals surface area contributed by atoms with Gasteiger partial charge in [-0.1, -0.05) is 182 Å². The SMILES string of the molecule is c1ccc(-c2cccc(-c3nc(-c4cccc(-c5ccccc5)c4)nc(-c4cccc(-c5ccc6c(c5)nc(-c5ccccc5)c5ccc7sc8ccccc8c7c56)c4)n3)c2)cc1. The first-order chi connectivity index (χ1) is 31.2. The fourth-order valence-corrected chi connectivity index (χ4v) is 9.96. The van der Waals surface area contributed by atoms with Gasteiger partial charge < -0.3 is 0 Å². The van der Waals surface area contributed by atoms with Gasteiger partial charge in [-0.2, -0.15) is 0 Å². The van der Waals surface area contributed by atoms with Gasteiger partial charge in [0.25, 0.3) is 0 Å². The molecule has 12 aromatic rings. The van der Waals surface area contributed by atoms with E-state index in [4.69, 9.17) is 19.9 Å². The fraction of sp³-hybridized carbons (Fsp3) is 0. The molecule has 0 saturated heterocycles. The number of rotatable bonds is 7. The van der Waals surface area contributed by atoms with Crippen LogP contribution in [0.3, 0.4) is 0 Å². The van der Waals surface area contributed by atoms with Crippen molar-refractivity contribution in [1.82, 2.24) is 19.9 Å². The van der Waals surface area contributed by atoms with Crippen molar-refractivity contribution < 1.29 is 0 Å². The highest BCUT2D eigenvalue weighted by atomic mass is 32.1. The van der Waals surface area contributed by atoms with E-state index in [0.717, 1.165) is 77.6 Å². The summed E-state index contributed by atoms with van der Waals surface area (Å²) in [5.74, 6) is 1.84. The number of hydrogen-bond donors (Lipinski definition) is 0. The molecular formula is C58H36N4S. The third-order valence-corrected chi connectivity index (χ3v) is 13.0. The minimum Gasteiger partial charge on any atom is -0.247 e. The number of fused-ring (bicyclic) bond motifs is 7. The zero-order valence-electron chi connectivity index (χ0n) is 34.0. The molecule has 0 bridgehead atoms. The Morgan fingerprint density at radius 1 is 0.254 bits per heavy atom. The summed E-state index contributed by atoms with van der Waals surface area (Å²) < 4.78 is 2.57. The predicted molar refractivity (Wildman–Crippen MR) is 264 cm³/mol. The van der Waals surface area contributed by atoms with Gasteiger partial charge in [0.15, 0.2) is 17.5 Å². The molecule has 0 radical (unpaired) electrons. The van der Waals surface area contributed by atoms with Crippen LogP contribution in [0, 0.1) is 0 Å². The predicted octanol–water partition coefficient (Wildman–Crippen LogP) is 15.6. The molecule has 0 fully saturated rings. The lowest BCUT2D eigenvalue weighted by atomic mass is 9.94. The molecule has 3 aromatic heterocycles. The monoisotopic (exact) mass is 820 g/mol. The number of pyridine rings is 1. The van der Waals surface area contributed by atoms with Crippen LogP contribution in [0.1, 0.15) is 0 Å². The van der Waals surface area contributed by atoms with E-state index in [1.807, 2.05) is 23.5 Å². The lowest BCUT2D eigenvalue weighted by Crippen LogP contribution is -2.00. The molecule has 0 saturated carbocycles. The molecule has 294 valence electrons. The summed E-state index contributed by atoms with van der Waals surface area (Å²) in [6.07, 6.45) is 0. The first kappa shape index (κ1) is 36.7. The van der Waals surface area contributed by atoms with Crippen molar-refractivity contribution in [3.8, 4) is 78.8 Å². The molecule has 0 aliphatic rings. The molecular weight excluding hydrogens is 785 g/mol. The van der Waals surface area contributed by atoms with Gasteiger partial charge in [-0.3, -0.25) is 0 Å². The van der Waals surface area contributed by atoms with Gasteiger partial charge in [-0.15, -0.1) is 11.3 Å². The second kappa shape index (κ2) is 15.4. The molecule has 9 aromatic carbocycles. The smallest absolute Gasteiger partial charge is 0.164 e. The van der Waals surface area contributed by atoms with Gasteiger partial charge in [0, 0.05) is 58.6 Å². The summed E-state index contributed by atoms with van der Waals surface area (Å²) in [7, 11) is 0. The Balaban J connectivity index is 1.02. The highest BCUT2D eigenvalue weighted by Gasteiger charge is 2.18. The summed E-state index contributed by atoms with van der Waals surface area (Å²) >= 11 is 1.85. The molecule has 0 aliphatic heterocycles. The quantitative estimate of drug-likeness (QED) is 0.150. The number of benzene rings is 9. The Morgan fingerprint density at radius 2 is 0.698 bits per heavy atom. The zero-order valence-corrected chi connectivity index (χ0v) is 34.8. The first-order valence-electron chi connectivity index (χ1n) is 21.1. The number of thiophene rings is 1. The van der Waals surface area contributed by atoms with E-state index in [1.165, 1.54) is 25.6 Å². The van der Waals surface area contributed by atoms with Gasteiger partial charge in [-0.05, 0) is 69.8 Å². The van der Waals surface area contributed by atoms with Crippen LogP contribution in [0.5, 0.6) is 0 Å². The van der Waals surface area contributed by atoms with Crippen LogP contribution in [0.25, 0.3) is 121 Å². The van der Waals surface area contributed by atoms with Crippen LogP contribution in [-0.2, 0) is 0 Å². The Kier molecular flexibility index (Phi) is 8.98. The molecule has 5 heteroatoms. The van der Waals surface area contributed by atoms with Crippen LogP contribution in [0.4, 0.5) is 0 Å². The maximum atomic E-state index is 5.43. The molecule has 63 heavy (non-hydrogen) atoms. The van der Waals surface area contributed by atoms with E-state index in [0.29, 0.717) is 17.5 Å². The molecule has 12 rings (SSSR count). The van der Waals surface area contributed by atoms with Crippen molar-refractivity contribution in [2.45, 2.75) is 0 Å². The Bertz CT molecular complexity index is 3570. The van der Waals surface area contributed by atoms with Crippen LogP contribution in [-0.4, -0.2) is 19.9 Å². The van der Waals surface area contributed by atoms with Crippen molar-refractivity contribution in [3.05, 3.63) is 218 Å². The average molecular weight is 821 g/mol. The Labute approximate surface area is 368 Å². The summed E-state index contributed by atoms with van der Waals surface area (Å²) in [5.41, 5.74) is 12.4. The first-order valence-corrected chi connectivity index (χ1v) is 21.9. The third-order valence-electron chi connectivity index (χ3n) is 11.9. The summed E-state index contributed by atoms with van der Waals surface area (Å²) in [5, 5.41) is 6.11.